The molecular formula is C10H14O3S3. The summed E-state index contributed by atoms with van der Waals surface area (Å²) in [7, 11) is 1.33. The predicted octanol–water partition coefficient (Wildman–Crippen LogP) is 2.58. The highest BCUT2D eigenvalue weighted by Crippen LogP contribution is 2.22. The third-order valence-corrected chi connectivity index (χ3v) is 6.27. The van der Waals surface area contributed by atoms with E-state index in [9.17, 15) is 8.42 Å². The van der Waals surface area contributed by atoms with Gasteiger partial charge < -0.3 is 4.74 Å². The Labute approximate surface area is 104 Å². The van der Waals surface area contributed by atoms with Gasteiger partial charge in [-0.25, -0.2) is 8.42 Å². The van der Waals surface area contributed by atoms with E-state index in [0.29, 0.717) is 5.75 Å². The lowest BCUT2D eigenvalue weighted by molar-refractivity contribution is 0.414. The fourth-order valence-electron chi connectivity index (χ4n) is 1.18. The van der Waals surface area contributed by atoms with Crippen LogP contribution in [0.5, 0.6) is 5.75 Å². The second-order valence-corrected chi connectivity index (χ2v) is 8.14. The highest BCUT2D eigenvalue weighted by Gasteiger charge is 2.12. The van der Waals surface area contributed by atoms with Crippen LogP contribution in [0.15, 0.2) is 24.3 Å². The van der Waals surface area contributed by atoms with Gasteiger partial charge in [0.15, 0.2) is 9.84 Å². The second-order valence-electron chi connectivity index (χ2n) is 3.14. The van der Waals surface area contributed by atoms with E-state index in [0.717, 1.165) is 5.56 Å². The summed E-state index contributed by atoms with van der Waals surface area (Å²) in [6, 6.07) is 7.14. The van der Waals surface area contributed by atoms with Crippen molar-refractivity contribution in [2.45, 2.75) is 5.75 Å². The average molecular weight is 278 g/mol. The summed E-state index contributed by atoms with van der Waals surface area (Å²) in [6.07, 6.45) is 1.87. The molecule has 0 aliphatic heterocycles. The van der Waals surface area contributed by atoms with Crippen molar-refractivity contribution in [3.63, 3.8) is 0 Å². The molecule has 90 valence electrons. The molecule has 0 heterocycles. The van der Waals surface area contributed by atoms with Crippen molar-refractivity contribution in [2.75, 3.05) is 18.5 Å². The maximum Gasteiger partial charge on any atom is 0.164 e. The van der Waals surface area contributed by atoms with Gasteiger partial charge in [-0.1, -0.05) is 33.7 Å². The molecule has 0 fully saturated rings. The van der Waals surface area contributed by atoms with Gasteiger partial charge in [0.25, 0.3) is 0 Å². The van der Waals surface area contributed by atoms with E-state index in [1.54, 1.807) is 31.4 Å². The quantitative estimate of drug-likeness (QED) is 0.748. The zero-order chi connectivity index (χ0) is 12.0. The standard InChI is InChI=1S/C10H14O3S3/c1-13-10-5-3-4-9(6-10)7-16(11,12)8-15-14-2/h3-6H,7-8H2,1-2H3. The molecule has 0 N–H and O–H groups in total. The van der Waals surface area contributed by atoms with E-state index >= 15 is 0 Å². The highest BCUT2D eigenvalue weighted by molar-refractivity contribution is 8.77. The van der Waals surface area contributed by atoms with E-state index in [4.69, 9.17) is 4.74 Å². The average Bonchev–Trinajstić information content (AvgIpc) is 2.26. The van der Waals surface area contributed by atoms with Crippen molar-refractivity contribution in [1.29, 1.82) is 0 Å². The predicted molar refractivity (Wildman–Crippen MR) is 71.6 cm³/mol. The van der Waals surface area contributed by atoms with E-state index in [1.807, 2.05) is 6.26 Å². The van der Waals surface area contributed by atoms with Gasteiger partial charge in [-0.05, 0) is 24.0 Å². The first-order valence-electron chi connectivity index (χ1n) is 4.56. The number of hydrogen-bond donors (Lipinski definition) is 0. The second kappa shape index (κ2) is 6.42. The van der Waals surface area contributed by atoms with Crippen LogP contribution in [0, 0.1) is 0 Å². The molecule has 1 rings (SSSR count). The topological polar surface area (TPSA) is 43.4 Å². The summed E-state index contributed by atoms with van der Waals surface area (Å²) in [6.45, 7) is 0. The summed E-state index contributed by atoms with van der Waals surface area (Å²) in [5.74, 6) is 0.753. The van der Waals surface area contributed by atoms with Crippen molar-refractivity contribution in [3.8, 4) is 5.75 Å². The third-order valence-electron chi connectivity index (χ3n) is 1.87. The van der Waals surface area contributed by atoms with Crippen LogP contribution in [0.3, 0.4) is 0 Å². The number of hydrogen-bond acceptors (Lipinski definition) is 5. The molecule has 1 aromatic carbocycles. The Kier molecular flexibility index (Phi) is 5.51. The lowest BCUT2D eigenvalue weighted by Gasteiger charge is -2.05. The lowest BCUT2D eigenvalue weighted by atomic mass is 10.2. The molecule has 1 aromatic rings. The Morgan fingerprint density at radius 3 is 2.75 bits per heavy atom. The van der Waals surface area contributed by atoms with Crippen LogP contribution >= 0.6 is 21.6 Å². The van der Waals surface area contributed by atoms with Gasteiger partial charge in [-0.3, -0.25) is 0 Å². The Bertz CT molecular complexity index is 429. The smallest absolute Gasteiger partial charge is 0.164 e. The molecule has 16 heavy (non-hydrogen) atoms. The summed E-state index contributed by atoms with van der Waals surface area (Å²) in [5, 5.41) is 0.144. The Morgan fingerprint density at radius 2 is 2.12 bits per heavy atom. The van der Waals surface area contributed by atoms with Gasteiger partial charge in [-0.2, -0.15) is 0 Å². The van der Waals surface area contributed by atoms with Gasteiger partial charge in [0.2, 0.25) is 0 Å². The molecule has 0 atom stereocenters. The van der Waals surface area contributed by atoms with Gasteiger partial charge in [0.1, 0.15) is 10.8 Å². The molecule has 0 saturated heterocycles. The first kappa shape index (κ1) is 13.7. The van der Waals surface area contributed by atoms with E-state index in [2.05, 4.69) is 0 Å². The molecule has 0 aromatic heterocycles. The van der Waals surface area contributed by atoms with Crippen LogP contribution in [-0.4, -0.2) is 26.9 Å². The molecule has 0 amide bonds. The largest absolute Gasteiger partial charge is 0.497 e. The number of ether oxygens (including phenoxy) is 1. The molecular weight excluding hydrogens is 264 g/mol. The normalized spacial score (nSPS) is 11.4. The first-order valence-corrected chi connectivity index (χ1v) is 9.11. The number of sulfone groups is 1. The van der Waals surface area contributed by atoms with Crippen molar-refractivity contribution in [1.82, 2.24) is 0 Å². The van der Waals surface area contributed by atoms with Gasteiger partial charge in [0.05, 0.1) is 12.9 Å². The van der Waals surface area contributed by atoms with Crippen LogP contribution < -0.4 is 4.74 Å². The third kappa shape index (κ3) is 4.67. The summed E-state index contributed by atoms with van der Waals surface area (Å²) in [5.41, 5.74) is 0.765. The van der Waals surface area contributed by atoms with Crippen LogP contribution in [0.2, 0.25) is 0 Å². The minimum Gasteiger partial charge on any atom is -0.497 e. The van der Waals surface area contributed by atoms with Crippen molar-refractivity contribution in [3.05, 3.63) is 29.8 Å². The summed E-state index contributed by atoms with van der Waals surface area (Å²) < 4.78 is 28.4. The van der Waals surface area contributed by atoms with E-state index in [1.165, 1.54) is 21.6 Å². The van der Waals surface area contributed by atoms with E-state index in [-0.39, 0.29) is 10.8 Å². The van der Waals surface area contributed by atoms with Gasteiger partial charge in [0, 0.05) is 0 Å². The molecule has 6 heteroatoms. The van der Waals surface area contributed by atoms with Crippen LogP contribution in [0.4, 0.5) is 0 Å². The highest BCUT2D eigenvalue weighted by atomic mass is 33.1. The fourth-order valence-corrected chi connectivity index (χ4v) is 5.36. The van der Waals surface area contributed by atoms with Crippen molar-refractivity contribution >= 4 is 31.4 Å². The summed E-state index contributed by atoms with van der Waals surface area (Å²) >= 11 is 0. The maximum absolute atomic E-state index is 11.7. The molecule has 3 nitrogen and oxygen atoms in total. The molecule has 0 bridgehead atoms. The number of methoxy groups -OCH3 is 1. The molecule has 0 spiro atoms. The maximum atomic E-state index is 11.7. The fraction of sp³-hybridized carbons (Fsp3) is 0.400. The number of rotatable bonds is 6. The summed E-state index contributed by atoms with van der Waals surface area (Å²) in [4.78, 5) is 0. The molecule has 0 radical (unpaired) electrons. The van der Waals surface area contributed by atoms with Crippen LogP contribution in [-0.2, 0) is 15.6 Å². The van der Waals surface area contributed by atoms with Gasteiger partial charge >= 0.3 is 0 Å². The first-order chi connectivity index (χ1) is 7.57. The Morgan fingerprint density at radius 1 is 1.38 bits per heavy atom. The zero-order valence-corrected chi connectivity index (χ0v) is 11.6. The number of benzene rings is 1. The van der Waals surface area contributed by atoms with E-state index < -0.39 is 9.84 Å². The SMILES string of the molecule is COc1cccc(CS(=O)(=O)CSSC)c1. The molecule has 0 saturated carbocycles. The van der Waals surface area contributed by atoms with Crippen molar-refractivity contribution < 1.29 is 13.2 Å². The van der Waals surface area contributed by atoms with Crippen LogP contribution in [0.1, 0.15) is 5.56 Å². The molecule has 0 aliphatic rings. The van der Waals surface area contributed by atoms with Crippen LogP contribution in [0.25, 0.3) is 0 Å². The van der Waals surface area contributed by atoms with Gasteiger partial charge in [-0.15, -0.1) is 0 Å². The molecule has 0 aliphatic carbocycles. The lowest BCUT2D eigenvalue weighted by Crippen LogP contribution is -2.06. The minimum atomic E-state index is -3.04. The monoisotopic (exact) mass is 278 g/mol. The Hall–Kier alpha value is -0.330. The molecule has 0 unspecified atom stereocenters. The Balaban J connectivity index is 2.72. The minimum absolute atomic E-state index is 0.0672. The zero-order valence-electron chi connectivity index (χ0n) is 9.17. The van der Waals surface area contributed by atoms with Crippen molar-refractivity contribution in [2.24, 2.45) is 0 Å².